The van der Waals surface area contributed by atoms with Crippen LogP contribution in [0.5, 0.6) is 0 Å². The van der Waals surface area contributed by atoms with Gasteiger partial charge in [0.05, 0.1) is 18.6 Å². The van der Waals surface area contributed by atoms with Crippen molar-refractivity contribution in [3.63, 3.8) is 0 Å². The van der Waals surface area contributed by atoms with Crippen LogP contribution in [-0.2, 0) is 14.3 Å². The summed E-state index contributed by atoms with van der Waals surface area (Å²) in [6.45, 7) is 10.4. The van der Waals surface area contributed by atoms with Crippen LogP contribution in [0.1, 0.15) is 73.1 Å². The van der Waals surface area contributed by atoms with E-state index < -0.39 is 5.60 Å². The van der Waals surface area contributed by atoms with Crippen molar-refractivity contribution in [1.29, 1.82) is 0 Å². The second-order valence-electron chi connectivity index (χ2n) is 8.08. The van der Waals surface area contributed by atoms with Crippen molar-refractivity contribution in [2.45, 2.75) is 90.3 Å². The summed E-state index contributed by atoms with van der Waals surface area (Å²) in [5.74, 6) is -0.136. The Balaban J connectivity index is 2.62. The number of carbonyl (C=O) groups excluding carboxylic acids is 2. The van der Waals surface area contributed by atoms with Crippen molar-refractivity contribution < 1.29 is 19.1 Å². The molecule has 0 aromatic rings. The summed E-state index contributed by atoms with van der Waals surface area (Å²) in [6, 6.07) is 0.274. The summed E-state index contributed by atoms with van der Waals surface area (Å²) in [4.78, 5) is 24.0. The molecule has 6 heteroatoms. The van der Waals surface area contributed by atoms with Crippen LogP contribution >= 0.6 is 0 Å². The van der Waals surface area contributed by atoms with E-state index in [9.17, 15) is 9.59 Å². The van der Waals surface area contributed by atoms with Gasteiger partial charge in [-0.1, -0.05) is 20.3 Å². The molecule has 0 aliphatic heterocycles. The Morgan fingerprint density at radius 3 is 2.28 bits per heavy atom. The Kier molecular flexibility index (Phi) is 8.19. The minimum Gasteiger partial charge on any atom is -0.469 e. The zero-order valence-corrected chi connectivity index (χ0v) is 16.7. The van der Waals surface area contributed by atoms with E-state index in [1.807, 2.05) is 20.8 Å². The number of rotatable bonds is 7. The predicted octanol–water partition coefficient (Wildman–Crippen LogP) is 3.39. The zero-order chi connectivity index (χ0) is 19.1. The molecule has 0 saturated heterocycles. The molecule has 0 spiro atoms. The highest BCUT2D eigenvalue weighted by atomic mass is 16.6. The quantitative estimate of drug-likeness (QED) is 0.684. The van der Waals surface area contributed by atoms with Gasteiger partial charge in [0.1, 0.15) is 5.60 Å². The van der Waals surface area contributed by atoms with Crippen molar-refractivity contribution in [2.75, 3.05) is 13.7 Å². The molecule has 0 heterocycles. The number of hydrogen-bond acceptors (Lipinski definition) is 5. The van der Waals surface area contributed by atoms with E-state index in [4.69, 9.17) is 9.47 Å². The Labute approximate surface area is 152 Å². The molecule has 0 radical (unpaired) electrons. The summed E-state index contributed by atoms with van der Waals surface area (Å²) in [6.07, 6.45) is 4.99. The second kappa shape index (κ2) is 9.41. The van der Waals surface area contributed by atoms with E-state index in [0.717, 1.165) is 38.5 Å². The molecule has 0 aromatic carbocycles. The smallest absolute Gasteiger partial charge is 0.408 e. The molecule has 1 fully saturated rings. The highest BCUT2D eigenvalue weighted by molar-refractivity contribution is 5.72. The summed E-state index contributed by atoms with van der Waals surface area (Å²) in [5.41, 5.74) is -0.859. The van der Waals surface area contributed by atoms with E-state index in [-0.39, 0.29) is 29.6 Å². The van der Waals surface area contributed by atoms with Gasteiger partial charge in [0.15, 0.2) is 0 Å². The van der Waals surface area contributed by atoms with E-state index in [2.05, 4.69) is 24.5 Å². The predicted molar refractivity (Wildman–Crippen MR) is 98.4 cm³/mol. The molecule has 1 aliphatic rings. The standard InChI is InChI=1S/C19H36N2O4/c1-7-19(8-2,21-17(23)25-18(3,4)5)13-20-15-11-9-10-14(12-15)16(22)24-6/h14-15,20H,7-13H2,1-6H3,(H,21,23). The first kappa shape index (κ1) is 21.7. The summed E-state index contributed by atoms with van der Waals surface area (Å²) in [7, 11) is 1.45. The highest BCUT2D eigenvalue weighted by Crippen LogP contribution is 2.26. The molecular formula is C19H36N2O4. The number of hydrogen-bond donors (Lipinski definition) is 2. The third-order valence-corrected chi connectivity index (χ3v) is 5.06. The summed E-state index contributed by atoms with van der Waals surface area (Å²) < 4.78 is 10.3. The monoisotopic (exact) mass is 356 g/mol. The van der Waals surface area contributed by atoms with E-state index in [1.54, 1.807) is 0 Å². The molecule has 2 N–H and O–H groups in total. The number of amides is 1. The summed E-state index contributed by atoms with van der Waals surface area (Å²) in [5, 5.41) is 6.62. The van der Waals surface area contributed by atoms with Gasteiger partial charge < -0.3 is 20.1 Å². The van der Waals surface area contributed by atoms with Crippen LogP contribution in [0.4, 0.5) is 4.79 Å². The van der Waals surface area contributed by atoms with Crippen LogP contribution in [0.25, 0.3) is 0 Å². The van der Waals surface area contributed by atoms with Crippen molar-refractivity contribution in [2.24, 2.45) is 5.92 Å². The molecule has 0 bridgehead atoms. The second-order valence-corrected chi connectivity index (χ2v) is 8.08. The molecule has 0 aromatic heterocycles. The minimum atomic E-state index is -0.512. The van der Waals surface area contributed by atoms with Crippen molar-refractivity contribution in [1.82, 2.24) is 10.6 Å². The lowest BCUT2D eigenvalue weighted by molar-refractivity contribution is -0.146. The Bertz CT molecular complexity index is 441. The van der Waals surface area contributed by atoms with Gasteiger partial charge in [-0.3, -0.25) is 4.79 Å². The van der Waals surface area contributed by atoms with Gasteiger partial charge in [-0.05, 0) is 52.9 Å². The molecule has 25 heavy (non-hydrogen) atoms. The molecule has 6 nitrogen and oxygen atoms in total. The van der Waals surface area contributed by atoms with Crippen LogP contribution in [0.2, 0.25) is 0 Å². The first-order chi connectivity index (χ1) is 11.6. The van der Waals surface area contributed by atoms with Gasteiger partial charge in [0, 0.05) is 12.6 Å². The number of nitrogens with one attached hydrogen (secondary N) is 2. The number of ether oxygens (including phenoxy) is 2. The molecule has 146 valence electrons. The highest BCUT2D eigenvalue weighted by Gasteiger charge is 2.33. The molecule has 1 saturated carbocycles. The van der Waals surface area contributed by atoms with Crippen LogP contribution in [0.15, 0.2) is 0 Å². The van der Waals surface area contributed by atoms with E-state index in [1.165, 1.54) is 7.11 Å². The molecule has 1 rings (SSSR count). The fourth-order valence-electron chi connectivity index (χ4n) is 3.34. The van der Waals surface area contributed by atoms with Crippen LogP contribution in [0, 0.1) is 5.92 Å². The van der Waals surface area contributed by atoms with Crippen molar-refractivity contribution in [3.05, 3.63) is 0 Å². The minimum absolute atomic E-state index is 0.0206. The molecular weight excluding hydrogens is 320 g/mol. The maximum atomic E-state index is 12.2. The third kappa shape index (κ3) is 7.22. The fourth-order valence-corrected chi connectivity index (χ4v) is 3.34. The van der Waals surface area contributed by atoms with Crippen LogP contribution < -0.4 is 10.6 Å². The van der Waals surface area contributed by atoms with Gasteiger partial charge in [0.2, 0.25) is 0 Å². The largest absolute Gasteiger partial charge is 0.469 e. The molecule has 1 amide bonds. The fraction of sp³-hybridized carbons (Fsp3) is 0.895. The van der Waals surface area contributed by atoms with Gasteiger partial charge >= 0.3 is 12.1 Å². The van der Waals surface area contributed by atoms with Crippen LogP contribution in [-0.4, -0.2) is 42.9 Å². The number of methoxy groups -OCH3 is 1. The van der Waals surface area contributed by atoms with Gasteiger partial charge in [-0.2, -0.15) is 0 Å². The first-order valence-electron chi connectivity index (χ1n) is 9.47. The molecule has 1 aliphatic carbocycles. The van der Waals surface area contributed by atoms with Crippen molar-refractivity contribution >= 4 is 12.1 Å². The number of esters is 1. The lowest BCUT2D eigenvalue weighted by Gasteiger charge is -2.37. The van der Waals surface area contributed by atoms with E-state index in [0.29, 0.717) is 6.54 Å². The zero-order valence-electron chi connectivity index (χ0n) is 16.7. The summed E-state index contributed by atoms with van der Waals surface area (Å²) >= 11 is 0. The molecule has 2 atom stereocenters. The topological polar surface area (TPSA) is 76.7 Å². The third-order valence-electron chi connectivity index (χ3n) is 5.06. The Morgan fingerprint density at radius 2 is 1.76 bits per heavy atom. The van der Waals surface area contributed by atoms with Crippen LogP contribution in [0.3, 0.4) is 0 Å². The lowest BCUT2D eigenvalue weighted by atomic mass is 9.84. The van der Waals surface area contributed by atoms with Gasteiger partial charge in [-0.15, -0.1) is 0 Å². The van der Waals surface area contributed by atoms with Gasteiger partial charge in [-0.25, -0.2) is 4.79 Å². The number of carbonyl (C=O) groups is 2. The Hall–Kier alpha value is -1.30. The first-order valence-corrected chi connectivity index (χ1v) is 9.47. The lowest BCUT2D eigenvalue weighted by Crippen LogP contribution is -2.56. The SMILES string of the molecule is CCC(CC)(CNC1CCCC(C(=O)OC)C1)NC(=O)OC(C)(C)C. The maximum absolute atomic E-state index is 12.2. The maximum Gasteiger partial charge on any atom is 0.408 e. The average Bonchev–Trinajstić information content (AvgIpc) is 2.56. The van der Waals surface area contributed by atoms with Gasteiger partial charge in [0.25, 0.3) is 0 Å². The molecule has 2 unspecified atom stereocenters. The Morgan fingerprint density at radius 1 is 1.12 bits per heavy atom. The average molecular weight is 357 g/mol. The normalized spacial score (nSPS) is 21.5. The van der Waals surface area contributed by atoms with E-state index >= 15 is 0 Å². The number of alkyl carbamates (subject to hydrolysis) is 1. The van der Waals surface area contributed by atoms with Crippen molar-refractivity contribution in [3.8, 4) is 0 Å².